The van der Waals surface area contributed by atoms with Crippen molar-refractivity contribution in [3.05, 3.63) is 63.7 Å². The van der Waals surface area contributed by atoms with Crippen LogP contribution in [0.1, 0.15) is 11.5 Å². The molecule has 0 aliphatic rings. The highest BCUT2D eigenvalue weighted by atomic mass is 127. The van der Waals surface area contributed by atoms with Gasteiger partial charge in [-0.15, -0.1) is 0 Å². The van der Waals surface area contributed by atoms with Crippen molar-refractivity contribution in [2.75, 3.05) is 6.61 Å². The fourth-order valence-electron chi connectivity index (χ4n) is 1.73. The molecule has 0 aromatic heterocycles. The number of hydrogen-bond acceptors (Lipinski definition) is 2. The minimum atomic E-state index is -0.878. The van der Waals surface area contributed by atoms with E-state index in [4.69, 9.17) is 4.74 Å². The lowest BCUT2D eigenvalue weighted by molar-refractivity contribution is -0.139. The zero-order valence-electron chi connectivity index (χ0n) is 10.1. The number of carboxylic acids is 1. The molecule has 0 heterocycles. The van der Waals surface area contributed by atoms with E-state index in [0.717, 1.165) is 9.13 Å². The first-order valence-electron chi connectivity index (χ1n) is 5.83. The number of carboxylic acid groups (broad SMARTS) is 1. The first-order valence-corrected chi connectivity index (χ1v) is 6.91. The van der Waals surface area contributed by atoms with Crippen LogP contribution in [-0.4, -0.2) is 17.7 Å². The Hall–Kier alpha value is -1.56. The van der Waals surface area contributed by atoms with E-state index in [1.54, 1.807) is 12.1 Å². The summed E-state index contributed by atoms with van der Waals surface area (Å²) in [5.74, 6) is -0.820. The average molecular weight is 368 g/mol. The van der Waals surface area contributed by atoms with Gasteiger partial charge in [-0.05, 0) is 40.3 Å². The van der Waals surface area contributed by atoms with Crippen molar-refractivity contribution in [2.45, 2.75) is 5.92 Å². The van der Waals surface area contributed by atoms with E-state index in [1.165, 1.54) is 0 Å². The van der Waals surface area contributed by atoms with E-state index in [0.29, 0.717) is 5.75 Å². The quantitative estimate of drug-likeness (QED) is 0.822. The van der Waals surface area contributed by atoms with E-state index in [-0.39, 0.29) is 6.61 Å². The Balaban J connectivity index is 2.11. The second kappa shape index (κ2) is 6.56. The second-order valence-electron chi connectivity index (χ2n) is 4.04. The third kappa shape index (κ3) is 3.70. The summed E-state index contributed by atoms with van der Waals surface area (Å²) >= 11 is 2.17. The normalized spacial score (nSPS) is 11.8. The van der Waals surface area contributed by atoms with Gasteiger partial charge in [0.2, 0.25) is 0 Å². The lowest BCUT2D eigenvalue weighted by Crippen LogP contribution is -2.19. The Morgan fingerprint density at radius 1 is 1.11 bits per heavy atom. The molecule has 1 N–H and O–H groups in total. The number of ether oxygens (including phenoxy) is 1. The van der Waals surface area contributed by atoms with Crippen LogP contribution in [0.3, 0.4) is 0 Å². The molecule has 0 aliphatic carbocycles. The summed E-state index contributed by atoms with van der Waals surface area (Å²) in [7, 11) is 0. The van der Waals surface area contributed by atoms with Crippen LogP contribution >= 0.6 is 22.6 Å². The topological polar surface area (TPSA) is 46.5 Å². The van der Waals surface area contributed by atoms with Gasteiger partial charge in [0.25, 0.3) is 0 Å². The maximum absolute atomic E-state index is 11.3. The van der Waals surface area contributed by atoms with Gasteiger partial charge in [-0.3, -0.25) is 4.79 Å². The molecule has 98 valence electrons. The fourth-order valence-corrected chi connectivity index (χ4v) is 2.27. The lowest BCUT2D eigenvalue weighted by atomic mass is 10.0. The van der Waals surface area contributed by atoms with Gasteiger partial charge in [-0.2, -0.15) is 0 Å². The fraction of sp³-hybridized carbons (Fsp3) is 0.133. The molecule has 2 rings (SSSR count). The highest BCUT2D eigenvalue weighted by Crippen LogP contribution is 2.23. The Labute approximate surface area is 125 Å². The SMILES string of the molecule is O=C(O)C(COc1ccccc1I)c1ccccc1. The lowest BCUT2D eigenvalue weighted by Gasteiger charge is -2.14. The largest absolute Gasteiger partial charge is 0.491 e. The molecule has 0 aliphatic heterocycles. The molecule has 0 saturated carbocycles. The first kappa shape index (κ1) is 13.9. The van der Waals surface area contributed by atoms with Gasteiger partial charge in [-0.25, -0.2) is 0 Å². The van der Waals surface area contributed by atoms with E-state index in [9.17, 15) is 9.90 Å². The first-order chi connectivity index (χ1) is 9.18. The van der Waals surface area contributed by atoms with Gasteiger partial charge in [0.05, 0.1) is 3.57 Å². The summed E-state index contributed by atoms with van der Waals surface area (Å²) in [5, 5.41) is 9.29. The molecule has 0 radical (unpaired) electrons. The highest BCUT2D eigenvalue weighted by Gasteiger charge is 2.20. The zero-order chi connectivity index (χ0) is 13.7. The zero-order valence-corrected chi connectivity index (χ0v) is 12.3. The van der Waals surface area contributed by atoms with Crippen LogP contribution in [0.2, 0.25) is 0 Å². The molecule has 3 nitrogen and oxygen atoms in total. The standard InChI is InChI=1S/C15H13IO3/c16-13-8-4-5-9-14(13)19-10-12(15(17)18)11-6-2-1-3-7-11/h1-9,12H,10H2,(H,17,18). The Bertz CT molecular complexity index is 554. The predicted octanol–water partition coefficient (Wildman–Crippen LogP) is 3.54. The van der Waals surface area contributed by atoms with Crippen molar-refractivity contribution >= 4 is 28.6 Å². The minimum absolute atomic E-state index is 0.124. The number of halogens is 1. The third-order valence-corrected chi connectivity index (χ3v) is 3.63. The molecule has 2 aromatic rings. The molecular weight excluding hydrogens is 355 g/mol. The average Bonchev–Trinajstić information content (AvgIpc) is 2.42. The van der Waals surface area contributed by atoms with Crippen molar-refractivity contribution in [2.24, 2.45) is 0 Å². The van der Waals surface area contributed by atoms with Crippen LogP contribution in [0, 0.1) is 3.57 Å². The van der Waals surface area contributed by atoms with Gasteiger partial charge in [-0.1, -0.05) is 42.5 Å². The summed E-state index contributed by atoms with van der Waals surface area (Å²) in [5.41, 5.74) is 0.751. The van der Waals surface area contributed by atoms with E-state index >= 15 is 0 Å². The van der Waals surface area contributed by atoms with Crippen molar-refractivity contribution in [1.82, 2.24) is 0 Å². The second-order valence-corrected chi connectivity index (χ2v) is 5.21. The number of para-hydroxylation sites is 1. The number of rotatable bonds is 5. The molecule has 0 bridgehead atoms. The molecule has 0 amide bonds. The van der Waals surface area contributed by atoms with Crippen LogP contribution < -0.4 is 4.74 Å². The summed E-state index contributed by atoms with van der Waals surface area (Å²) < 4.78 is 6.60. The molecule has 19 heavy (non-hydrogen) atoms. The smallest absolute Gasteiger partial charge is 0.314 e. The van der Waals surface area contributed by atoms with E-state index in [1.807, 2.05) is 42.5 Å². The monoisotopic (exact) mass is 368 g/mol. The van der Waals surface area contributed by atoms with Gasteiger partial charge in [0, 0.05) is 0 Å². The number of benzene rings is 2. The minimum Gasteiger partial charge on any atom is -0.491 e. The summed E-state index contributed by atoms with van der Waals surface area (Å²) in [4.78, 5) is 11.3. The molecule has 0 spiro atoms. The number of carbonyl (C=O) groups is 1. The number of hydrogen-bond donors (Lipinski definition) is 1. The van der Waals surface area contributed by atoms with E-state index < -0.39 is 11.9 Å². The Kier molecular flexibility index (Phi) is 4.79. The van der Waals surface area contributed by atoms with Crippen LogP contribution in [0.4, 0.5) is 0 Å². The van der Waals surface area contributed by atoms with Gasteiger partial charge >= 0.3 is 5.97 Å². The Morgan fingerprint density at radius 3 is 2.37 bits per heavy atom. The van der Waals surface area contributed by atoms with Crippen molar-refractivity contribution in [3.63, 3.8) is 0 Å². The van der Waals surface area contributed by atoms with Crippen molar-refractivity contribution in [3.8, 4) is 5.75 Å². The summed E-state index contributed by atoms with van der Waals surface area (Å²) in [6.45, 7) is 0.124. The maximum atomic E-state index is 11.3. The maximum Gasteiger partial charge on any atom is 0.314 e. The molecule has 0 saturated heterocycles. The summed E-state index contributed by atoms with van der Waals surface area (Å²) in [6, 6.07) is 16.7. The molecule has 1 atom stereocenters. The molecular formula is C15H13IO3. The van der Waals surface area contributed by atoms with Crippen LogP contribution in [0.25, 0.3) is 0 Å². The molecule has 1 unspecified atom stereocenters. The molecule has 4 heteroatoms. The van der Waals surface area contributed by atoms with Crippen LogP contribution in [0.5, 0.6) is 5.75 Å². The van der Waals surface area contributed by atoms with Crippen molar-refractivity contribution in [1.29, 1.82) is 0 Å². The van der Waals surface area contributed by atoms with Crippen LogP contribution in [0.15, 0.2) is 54.6 Å². The Morgan fingerprint density at radius 2 is 1.74 bits per heavy atom. The van der Waals surface area contributed by atoms with E-state index in [2.05, 4.69) is 22.6 Å². The predicted molar refractivity (Wildman–Crippen MR) is 81.5 cm³/mol. The number of aliphatic carboxylic acids is 1. The summed E-state index contributed by atoms with van der Waals surface area (Å²) in [6.07, 6.45) is 0. The molecule has 2 aromatic carbocycles. The van der Waals surface area contributed by atoms with Gasteiger partial charge in [0.1, 0.15) is 18.3 Å². The highest BCUT2D eigenvalue weighted by molar-refractivity contribution is 14.1. The van der Waals surface area contributed by atoms with Crippen molar-refractivity contribution < 1.29 is 14.6 Å². The van der Waals surface area contributed by atoms with Crippen LogP contribution in [-0.2, 0) is 4.79 Å². The van der Waals surface area contributed by atoms with Gasteiger partial charge < -0.3 is 9.84 Å². The third-order valence-electron chi connectivity index (χ3n) is 2.74. The van der Waals surface area contributed by atoms with Gasteiger partial charge in [0.15, 0.2) is 0 Å². The molecule has 0 fully saturated rings.